The standard InChI is InChI=1S/C21H21BrN2O3S/c1-3-14-8-13(2)9-17(10-14)26-6-7-27-18-5-4-16(22)11-15(18)12-19-20(25)24-21(23)28-19/h4-5,8-12H,3,6-7H2,1-2H3,(H2,23,24,25)/b19-12-. The van der Waals surface area contributed by atoms with Crippen LogP contribution in [-0.4, -0.2) is 24.3 Å². The molecular weight excluding hydrogens is 440 g/mol. The number of benzene rings is 2. The van der Waals surface area contributed by atoms with Gasteiger partial charge in [0.1, 0.15) is 24.7 Å². The number of carbonyl (C=O) groups excluding carboxylic acids is 1. The summed E-state index contributed by atoms with van der Waals surface area (Å²) in [6, 6.07) is 11.8. The van der Waals surface area contributed by atoms with E-state index in [1.54, 1.807) is 6.08 Å². The third kappa shape index (κ3) is 5.39. The lowest BCUT2D eigenvalue weighted by atomic mass is 10.1. The summed E-state index contributed by atoms with van der Waals surface area (Å²) in [6.45, 7) is 4.97. The molecule has 0 aromatic heterocycles. The molecule has 1 amide bonds. The zero-order chi connectivity index (χ0) is 20.1. The van der Waals surface area contributed by atoms with E-state index in [0.29, 0.717) is 23.9 Å². The van der Waals surface area contributed by atoms with Crippen molar-refractivity contribution in [3.63, 3.8) is 0 Å². The van der Waals surface area contributed by atoms with Crippen LogP contribution in [0.4, 0.5) is 0 Å². The summed E-state index contributed by atoms with van der Waals surface area (Å²) in [5.41, 5.74) is 3.19. The smallest absolute Gasteiger partial charge is 0.264 e. The molecule has 0 aliphatic carbocycles. The maximum absolute atomic E-state index is 11.9. The highest BCUT2D eigenvalue weighted by Gasteiger charge is 2.22. The molecule has 0 unspecified atom stereocenters. The molecule has 1 aliphatic heterocycles. The van der Waals surface area contributed by atoms with Gasteiger partial charge in [-0.1, -0.05) is 28.9 Å². The summed E-state index contributed by atoms with van der Waals surface area (Å²) in [4.78, 5) is 12.3. The minimum Gasteiger partial charge on any atom is -0.490 e. The average molecular weight is 461 g/mol. The van der Waals surface area contributed by atoms with Gasteiger partial charge in [0.15, 0.2) is 5.17 Å². The molecule has 3 rings (SSSR count). The van der Waals surface area contributed by atoms with E-state index in [1.807, 2.05) is 30.3 Å². The second-order valence-corrected chi connectivity index (χ2v) is 8.25. The lowest BCUT2D eigenvalue weighted by molar-refractivity contribution is -0.115. The predicted molar refractivity (Wildman–Crippen MR) is 117 cm³/mol. The summed E-state index contributed by atoms with van der Waals surface area (Å²) in [6.07, 6.45) is 2.70. The third-order valence-corrected chi connectivity index (χ3v) is 5.37. The van der Waals surface area contributed by atoms with Gasteiger partial charge >= 0.3 is 0 Å². The van der Waals surface area contributed by atoms with Crippen LogP contribution in [0.15, 0.2) is 45.8 Å². The van der Waals surface area contributed by atoms with Crippen molar-refractivity contribution in [2.75, 3.05) is 13.2 Å². The van der Waals surface area contributed by atoms with Gasteiger partial charge in [-0.15, -0.1) is 0 Å². The Labute approximate surface area is 177 Å². The number of hydrogen-bond acceptors (Lipinski definition) is 5. The van der Waals surface area contributed by atoms with Gasteiger partial charge in [0.05, 0.1) is 4.91 Å². The van der Waals surface area contributed by atoms with Crippen molar-refractivity contribution in [3.8, 4) is 11.5 Å². The van der Waals surface area contributed by atoms with Crippen LogP contribution >= 0.6 is 27.7 Å². The highest BCUT2D eigenvalue weighted by Crippen LogP contribution is 2.30. The summed E-state index contributed by atoms with van der Waals surface area (Å²) >= 11 is 4.55. The topological polar surface area (TPSA) is 71.4 Å². The predicted octanol–water partition coefficient (Wildman–Crippen LogP) is 4.92. The van der Waals surface area contributed by atoms with Crippen molar-refractivity contribution in [2.24, 2.45) is 0 Å². The fraction of sp³-hybridized carbons (Fsp3) is 0.238. The Morgan fingerprint density at radius 1 is 1.18 bits per heavy atom. The first-order chi connectivity index (χ1) is 13.4. The summed E-state index contributed by atoms with van der Waals surface area (Å²) in [5.74, 6) is 1.23. The Kier molecular flexibility index (Phi) is 6.80. The van der Waals surface area contributed by atoms with Crippen LogP contribution in [0.3, 0.4) is 0 Å². The van der Waals surface area contributed by atoms with Crippen molar-refractivity contribution in [1.29, 1.82) is 5.41 Å². The Bertz CT molecular complexity index is 943. The molecule has 2 aromatic rings. The Hall–Kier alpha value is -2.25. The van der Waals surface area contributed by atoms with Crippen LogP contribution in [-0.2, 0) is 11.2 Å². The number of halogens is 1. The lowest BCUT2D eigenvalue weighted by Crippen LogP contribution is -2.18. The molecule has 146 valence electrons. The van der Waals surface area contributed by atoms with E-state index in [2.05, 4.69) is 41.2 Å². The van der Waals surface area contributed by atoms with Crippen molar-refractivity contribution in [3.05, 3.63) is 62.5 Å². The van der Waals surface area contributed by atoms with E-state index in [-0.39, 0.29) is 11.1 Å². The van der Waals surface area contributed by atoms with Crippen LogP contribution in [0.2, 0.25) is 0 Å². The number of amidine groups is 1. The molecule has 1 aliphatic rings. The summed E-state index contributed by atoms with van der Waals surface area (Å²) < 4.78 is 12.6. The minimum atomic E-state index is -0.268. The molecule has 1 fully saturated rings. The van der Waals surface area contributed by atoms with E-state index in [4.69, 9.17) is 14.9 Å². The molecule has 7 heteroatoms. The SMILES string of the molecule is CCc1cc(C)cc(OCCOc2ccc(Br)cc2/C=C2\SC(=N)NC2=O)c1. The molecule has 2 aromatic carbocycles. The highest BCUT2D eigenvalue weighted by molar-refractivity contribution is 9.10. The Balaban J connectivity index is 1.65. The zero-order valence-electron chi connectivity index (χ0n) is 15.7. The fourth-order valence-electron chi connectivity index (χ4n) is 2.77. The van der Waals surface area contributed by atoms with Crippen LogP contribution < -0.4 is 14.8 Å². The van der Waals surface area contributed by atoms with Crippen LogP contribution in [0.1, 0.15) is 23.6 Å². The molecule has 0 saturated carbocycles. The van der Waals surface area contributed by atoms with Crippen molar-refractivity contribution in [1.82, 2.24) is 5.32 Å². The summed E-state index contributed by atoms with van der Waals surface area (Å²) in [5, 5.41) is 10.2. The first kappa shape index (κ1) is 20.5. The number of nitrogens with one attached hydrogen (secondary N) is 2. The first-order valence-corrected chi connectivity index (χ1v) is 10.5. The van der Waals surface area contributed by atoms with E-state index in [1.165, 1.54) is 11.1 Å². The molecule has 5 nitrogen and oxygen atoms in total. The van der Waals surface area contributed by atoms with Crippen LogP contribution in [0.5, 0.6) is 11.5 Å². The van der Waals surface area contributed by atoms with Gasteiger partial charge in [0.25, 0.3) is 5.91 Å². The molecular formula is C21H21BrN2O3S. The zero-order valence-corrected chi connectivity index (χ0v) is 18.1. The third-order valence-electron chi connectivity index (χ3n) is 4.05. The second kappa shape index (κ2) is 9.30. The Morgan fingerprint density at radius 3 is 2.68 bits per heavy atom. The molecule has 0 radical (unpaired) electrons. The van der Waals surface area contributed by atoms with Crippen molar-refractivity contribution in [2.45, 2.75) is 20.3 Å². The first-order valence-electron chi connectivity index (χ1n) is 8.90. The minimum absolute atomic E-state index is 0.131. The van der Waals surface area contributed by atoms with Gasteiger partial charge < -0.3 is 14.8 Å². The maximum Gasteiger partial charge on any atom is 0.264 e. The normalized spacial score (nSPS) is 15.0. The fourth-order valence-corrected chi connectivity index (χ4v) is 3.84. The van der Waals surface area contributed by atoms with E-state index < -0.39 is 0 Å². The van der Waals surface area contributed by atoms with Gasteiger partial charge in [0, 0.05) is 10.0 Å². The average Bonchev–Trinajstić information content (AvgIpc) is 2.96. The van der Waals surface area contributed by atoms with Gasteiger partial charge in [-0.05, 0) is 72.6 Å². The molecule has 1 heterocycles. The van der Waals surface area contributed by atoms with E-state index >= 15 is 0 Å². The molecule has 0 atom stereocenters. The largest absolute Gasteiger partial charge is 0.490 e. The van der Waals surface area contributed by atoms with Gasteiger partial charge in [-0.2, -0.15) is 0 Å². The van der Waals surface area contributed by atoms with Gasteiger partial charge in [0.2, 0.25) is 0 Å². The molecule has 28 heavy (non-hydrogen) atoms. The maximum atomic E-state index is 11.9. The number of ether oxygens (including phenoxy) is 2. The molecule has 0 bridgehead atoms. The second-order valence-electron chi connectivity index (χ2n) is 6.28. The van der Waals surface area contributed by atoms with Crippen LogP contribution in [0, 0.1) is 12.3 Å². The number of hydrogen-bond donors (Lipinski definition) is 2. The number of amides is 1. The van der Waals surface area contributed by atoms with Crippen molar-refractivity contribution < 1.29 is 14.3 Å². The number of thioether (sulfide) groups is 1. The van der Waals surface area contributed by atoms with E-state index in [0.717, 1.165) is 34.0 Å². The number of rotatable bonds is 7. The van der Waals surface area contributed by atoms with Gasteiger partial charge in [-0.3, -0.25) is 10.2 Å². The molecule has 1 saturated heterocycles. The quantitative estimate of drug-likeness (QED) is 0.454. The summed E-state index contributed by atoms with van der Waals surface area (Å²) in [7, 11) is 0. The molecule has 0 spiro atoms. The van der Waals surface area contributed by atoms with Gasteiger partial charge in [-0.25, -0.2) is 0 Å². The highest BCUT2D eigenvalue weighted by atomic mass is 79.9. The van der Waals surface area contributed by atoms with E-state index in [9.17, 15) is 4.79 Å². The number of aryl methyl sites for hydroxylation is 2. The monoisotopic (exact) mass is 460 g/mol. The van der Waals surface area contributed by atoms with Crippen LogP contribution in [0.25, 0.3) is 6.08 Å². The Morgan fingerprint density at radius 2 is 1.96 bits per heavy atom. The number of carbonyl (C=O) groups is 1. The molecule has 2 N–H and O–H groups in total. The van der Waals surface area contributed by atoms with Crippen molar-refractivity contribution >= 4 is 44.8 Å². The lowest BCUT2D eigenvalue weighted by Gasteiger charge is -2.12.